The number of hydrogen-bond acceptors (Lipinski definition) is 4. The van der Waals surface area contributed by atoms with E-state index in [1.165, 1.54) is 12.2 Å². The van der Waals surface area contributed by atoms with Crippen molar-refractivity contribution in [2.45, 2.75) is 0 Å². The van der Waals surface area contributed by atoms with E-state index in [9.17, 15) is 29.4 Å². The topological polar surface area (TPSA) is 133 Å². The highest BCUT2D eigenvalue weighted by atomic mass is 16.4. The zero-order valence-electron chi connectivity index (χ0n) is 12.7. The van der Waals surface area contributed by atoms with Crippen molar-refractivity contribution >= 4 is 23.8 Å². The Balaban J connectivity index is 3.50. The Morgan fingerprint density at radius 1 is 0.792 bits per heavy atom. The molecule has 126 valence electrons. The summed E-state index contributed by atoms with van der Waals surface area (Å²) in [7, 11) is 0. The van der Waals surface area contributed by atoms with E-state index in [1.807, 2.05) is 0 Å². The molecule has 0 fully saturated rings. The van der Waals surface area contributed by atoms with E-state index in [-0.39, 0.29) is 24.2 Å². The molecule has 1 aromatic carbocycles. The predicted octanol–water partition coefficient (Wildman–Crippen LogP) is 0.915. The molecule has 0 heterocycles. The summed E-state index contributed by atoms with van der Waals surface area (Å²) in [5.74, 6) is -4.50. The van der Waals surface area contributed by atoms with Gasteiger partial charge in [-0.2, -0.15) is 0 Å². The lowest BCUT2D eigenvalue weighted by atomic mass is 9.97. The Labute approximate surface area is 137 Å². The number of aromatic carboxylic acids is 2. The van der Waals surface area contributed by atoms with E-state index in [4.69, 9.17) is 0 Å². The fourth-order valence-electron chi connectivity index (χ4n) is 1.85. The van der Waals surface area contributed by atoms with Crippen molar-refractivity contribution in [2.75, 3.05) is 13.1 Å². The van der Waals surface area contributed by atoms with Gasteiger partial charge in [-0.3, -0.25) is 9.59 Å². The first-order chi connectivity index (χ1) is 11.3. The number of benzene rings is 1. The van der Waals surface area contributed by atoms with Gasteiger partial charge in [0, 0.05) is 13.1 Å². The number of hydrogen-bond donors (Lipinski definition) is 4. The molecule has 8 heteroatoms. The third-order valence-electron chi connectivity index (χ3n) is 2.92. The normalized spacial score (nSPS) is 9.67. The van der Waals surface area contributed by atoms with E-state index in [0.717, 1.165) is 12.1 Å². The smallest absolute Gasteiger partial charge is 0.336 e. The van der Waals surface area contributed by atoms with Gasteiger partial charge in [0.15, 0.2) is 0 Å². The van der Waals surface area contributed by atoms with Crippen molar-refractivity contribution in [1.29, 1.82) is 0 Å². The maximum absolute atomic E-state index is 12.1. The average molecular weight is 332 g/mol. The Kier molecular flexibility index (Phi) is 6.42. The van der Waals surface area contributed by atoms with Gasteiger partial charge in [0.1, 0.15) is 0 Å². The molecule has 0 aliphatic carbocycles. The minimum absolute atomic E-state index is 0.0799. The Bertz CT molecular complexity index is 666. The molecule has 24 heavy (non-hydrogen) atoms. The van der Waals surface area contributed by atoms with Crippen LogP contribution in [-0.2, 0) is 0 Å². The van der Waals surface area contributed by atoms with Gasteiger partial charge in [-0.05, 0) is 12.1 Å². The zero-order valence-corrected chi connectivity index (χ0v) is 12.7. The molecule has 4 N–H and O–H groups in total. The third-order valence-corrected chi connectivity index (χ3v) is 2.92. The van der Waals surface area contributed by atoms with Crippen molar-refractivity contribution in [3.05, 3.63) is 59.7 Å². The first-order valence-corrected chi connectivity index (χ1v) is 6.76. The predicted molar refractivity (Wildman–Crippen MR) is 85.4 cm³/mol. The summed E-state index contributed by atoms with van der Waals surface area (Å²) in [5.41, 5.74) is -1.68. The molecule has 0 aliphatic heterocycles. The quantitative estimate of drug-likeness (QED) is 0.523. The number of carboxylic acid groups (broad SMARTS) is 2. The molecule has 0 atom stereocenters. The summed E-state index contributed by atoms with van der Waals surface area (Å²) >= 11 is 0. The maximum atomic E-state index is 12.1. The molecule has 0 saturated carbocycles. The largest absolute Gasteiger partial charge is 0.478 e. The van der Waals surface area contributed by atoms with Gasteiger partial charge in [-0.1, -0.05) is 12.2 Å². The van der Waals surface area contributed by atoms with E-state index < -0.39 is 34.9 Å². The zero-order chi connectivity index (χ0) is 18.3. The van der Waals surface area contributed by atoms with Crippen LogP contribution in [0, 0.1) is 0 Å². The van der Waals surface area contributed by atoms with Crippen LogP contribution in [0.4, 0.5) is 0 Å². The Morgan fingerprint density at radius 3 is 1.42 bits per heavy atom. The van der Waals surface area contributed by atoms with Crippen LogP contribution >= 0.6 is 0 Å². The molecular formula is C16H16N2O6. The first-order valence-electron chi connectivity index (χ1n) is 6.76. The molecule has 0 saturated heterocycles. The Morgan fingerprint density at radius 2 is 1.12 bits per heavy atom. The minimum atomic E-state index is -1.49. The molecule has 1 aromatic rings. The summed E-state index contributed by atoms with van der Waals surface area (Å²) < 4.78 is 0. The number of amides is 2. The second kappa shape index (κ2) is 8.28. The molecular weight excluding hydrogens is 316 g/mol. The molecule has 0 aliphatic rings. The van der Waals surface area contributed by atoms with Gasteiger partial charge in [0.2, 0.25) is 0 Å². The van der Waals surface area contributed by atoms with Crippen molar-refractivity contribution in [2.24, 2.45) is 0 Å². The molecule has 1 rings (SSSR count). The number of nitrogens with one attached hydrogen (secondary N) is 2. The van der Waals surface area contributed by atoms with Gasteiger partial charge >= 0.3 is 11.9 Å². The molecule has 0 spiro atoms. The van der Waals surface area contributed by atoms with Crippen molar-refractivity contribution in [3.8, 4) is 0 Å². The van der Waals surface area contributed by atoms with Crippen molar-refractivity contribution in [3.63, 3.8) is 0 Å². The lowest BCUT2D eigenvalue weighted by molar-refractivity contribution is 0.0687. The van der Waals surface area contributed by atoms with Crippen LogP contribution in [0.2, 0.25) is 0 Å². The van der Waals surface area contributed by atoms with Crippen LogP contribution in [0.3, 0.4) is 0 Å². The van der Waals surface area contributed by atoms with E-state index >= 15 is 0 Å². The number of carbonyl (C=O) groups excluding carboxylic acids is 2. The van der Waals surface area contributed by atoms with E-state index in [0.29, 0.717) is 0 Å². The highest BCUT2D eigenvalue weighted by molar-refractivity contribution is 6.11. The molecule has 0 bridgehead atoms. The van der Waals surface area contributed by atoms with Gasteiger partial charge < -0.3 is 20.8 Å². The number of carbonyl (C=O) groups is 4. The van der Waals surface area contributed by atoms with Gasteiger partial charge in [0.25, 0.3) is 11.8 Å². The second-order valence-electron chi connectivity index (χ2n) is 4.55. The molecule has 0 unspecified atom stereocenters. The summed E-state index contributed by atoms with van der Waals surface area (Å²) in [4.78, 5) is 46.8. The van der Waals surface area contributed by atoms with Crippen molar-refractivity contribution in [1.82, 2.24) is 10.6 Å². The fraction of sp³-hybridized carbons (Fsp3) is 0.125. The lowest BCUT2D eigenvalue weighted by Crippen LogP contribution is -2.29. The number of carboxylic acids is 2. The molecule has 0 radical (unpaired) electrons. The Hall–Kier alpha value is -3.42. The lowest BCUT2D eigenvalue weighted by Gasteiger charge is -2.12. The summed E-state index contributed by atoms with van der Waals surface area (Å²) in [6, 6.07) is 1.74. The van der Waals surface area contributed by atoms with E-state index in [1.54, 1.807) is 0 Å². The van der Waals surface area contributed by atoms with E-state index in [2.05, 4.69) is 23.8 Å². The first kappa shape index (κ1) is 18.6. The van der Waals surface area contributed by atoms with Crippen LogP contribution in [0.15, 0.2) is 37.4 Å². The second-order valence-corrected chi connectivity index (χ2v) is 4.55. The minimum Gasteiger partial charge on any atom is -0.478 e. The van der Waals surface area contributed by atoms with Crippen molar-refractivity contribution < 1.29 is 29.4 Å². The van der Waals surface area contributed by atoms with Crippen LogP contribution in [-0.4, -0.2) is 47.1 Å². The van der Waals surface area contributed by atoms with Crippen LogP contribution in [0.1, 0.15) is 41.4 Å². The SMILES string of the molecule is C=CCNC(=O)c1cc(C(=O)NCC=C)c(C(=O)O)cc1C(=O)O. The third kappa shape index (κ3) is 4.29. The van der Waals surface area contributed by atoms with Gasteiger partial charge in [-0.25, -0.2) is 9.59 Å². The highest BCUT2D eigenvalue weighted by Gasteiger charge is 2.25. The van der Waals surface area contributed by atoms with Gasteiger partial charge in [-0.15, -0.1) is 13.2 Å². The molecule has 0 aromatic heterocycles. The van der Waals surface area contributed by atoms with Crippen LogP contribution in [0.25, 0.3) is 0 Å². The van der Waals surface area contributed by atoms with Crippen LogP contribution in [0.5, 0.6) is 0 Å². The standard InChI is InChI=1S/C16H16N2O6/c1-3-5-17-13(19)9-7-10(14(20)18-6-4-2)12(16(23)24)8-11(9)15(21)22/h3-4,7-8H,1-2,5-6H2,(H,17,19)(H,18,20)(H,21,22)(H,23,24). The number of rotatable bonds is 8. The summed E-state index contributed by atoms with van der Waals surface area (Å²) in [5, 5.41) is 23.2. The summed E-state index contributed by atoms with van der Waals surface area (Å²) in [6.45, 7) is 7.00. The van der Waals surface area contributed by atoms with Gasteiger partial charge in [0.05, 0.1) is 22.3 Å². The fourth-order valence-corrected chi connectivity index (χ4v) is 1.85. The maximum Gasteiger partial charge on any atom is 0.336 e. The monoisotopic (exact) mass is 332 g/mol. The van der Waals surface area contributed by atoms with Crippen LogP contribution < -0.4 is 10.6 Å². The highest BCUT2D eigenvalue weighted by Crippen LogP contribution is 2.18. The molecule has 2 amide bonds. The summed E-state index contributed by atoms with van der Waals surface area (Å²) in [6.07, 6.45) is 2.78. The average Bonchev–Trinajstić information content (AvgIpc) is 2.55. The molecule has 8 nitrogen and oxygen atoms in total.